The van der Waals surface area contributed by atoms with E-state index < -0.39 is 96.1 Å². The van der Waals surface area contributed by atoms with Crippen molar-refractivity contribution in [1.82, 2.24) is 4.98 Å². The second-order valence-electron chi connectivity index (χ2n) is 9.91. The third kappa shape index (κ3) is 3.08. The first-order chi connectivity index (χ1) is 19.5. The number of ether oxygens (including phenoxy) is 1. The van der Waals surface area contributed by atoms with E-state index in [4.69, 9.17) is 4.74 Å². The van der Waals surface area contributed by atoms with Gasteiger partial charge >= 0.3 is 0 Å². The van der Waals surface area contributed by atoms with E-state index in [1.807, 2.05) is 0 Å². The second kappa shape index (κ2) is 8.59. The van der Waals surface area contributed by atoms with E-state index in [0.29, 0.717) is 0 Å². The normalized spacial score (nSPS) is 19.5. The number of fused-ring (bicyclic) bond motifs is 5. The molecule has 206 valence electrons. The maximum atomic E-state index is 16.0. The number of allylic oxidation sites excluding steroid dienone is 5. The van der Waals surface area contributed by atoms with Crippen LogP contribution in [0.2, 0.25) is 0 Å². The minimum Gasteiger partial charge on any atom is -0.507 e. The summed E-state index contributed by atoms with van der Waals surface area (Å²) in [7, 11) is 1.11. The standard InChI is InChI=1S/C30H20FNO9/c1-3-4-5-6-11-9-13-16(29(40)32-11)26(37)21-12(22(13)31)7-8-30(21)27(38)19-20(28(30)39)25(36)18-17(24(19)35)14(33)10-15(41-2)23(18)34/h3-6,9-10,35-37H,7-8H2,1-2H3,(H,32,40)/b4-3+,6-5+/t30-/m0/s1. The average molecular weight is 557 g/mol. The number of phenols is 3. The number of aromatic amines is 1. The van der Waals surface area contributed by atoms with Gasteiger partial charge in [-0.1, -0.05) is 18.2 Å². The van der Waals surface area contributed by atoms with Crippen LogP contribution in [0.1, 0.15) is 71.6 Å². The molecule has 3 aromatic rings. The second-order valence-corrected chi connectivity index (χ2v) is 9.91. The summed E-state index contributed by atoms with van der Waals surface area (Å²) in [6.45, 7) is 1.78. The predicted molar refractivity (Wildman–Crippen MR) is 142 cm³/mol. The highest BCUT2D eigenvalue weighted by Gasteiger charge is 2.62. The molecule has 0 amide bonds. The number of nitrogens with one attached hydrogen (secondary N) is 1. The van der Waals surface area contributed by atoms with Crippen LogP contribution in [-0.4, -0.2) is 50.5 Å². The molecule has 0 saturated carbocycles. The zero-order chi connectivity index (χ0) is 29.5. The predicted octanol–water partition coefficient (Wildman–Crippen LogP) is 3.55. The van der Waals surface area contributed by atoms with Crippen molar-refractivity contribution in [3.63, 3.8) is 0 Å². The number of methoxy groups -OCH3 is 1. The zero-order valence-corrected chi connectivity index (χ0v) is 21.5. The Morgan fingerprint density at radius 2 is 1.61 bits per heavy atom. The smallest absolute Gasteiger partial charge is 0.260 e. The molecule has 41 heavy (non-hydrogen) atoms. The highest BCUT2D eigenvalue weighted by Crippen LogP contribution is 2.57. The topological polar surface area (TPSA) is 171 Å². The third-order valence-electron chi connectivity index (χ3n) is 7.94. The van der Waals surface area contributed by atoms with Crippen LogP contribution in [0, 0.1) is 5.82 Å². The molecule has 10 nitrogen and oxygen atoms in total. The number of carbonyl (C=O) groups excluding carboxylic acids is 4. The lowest BCUT2D eigenvalue weighted by atomic mass is 9.76. The molecular weight excluding hydrogens is 537 g/mol. The first-order valence-corrected chi connectivity index (χ1v) is 12.5. The summed E-state index contributed by atoms with van der Waals surface area (Å²) in [5.74, 6) is -8.37. The molecule has 1 heterocycles. The fourth-order valence-corrected chi connectivity index (χ4v) is 6.16. The molecule has 1 aromatic heterocycles. The number of benzene rings is 2. The maximum absolute atomic E-state index is 16.0. The van der Waals surface area contributed by atoms with E-state index in [1.165, 1.54) is 12.1 Å². The number of carbonyl (C=O) groups is 4. The van der Waals surface area contributed by atoms with E-state index in [0.717, 1.165) is 13.2 Å². The lowest BCUT2D eigenvalue weighted by molar-refractivity contribution is 0.0790. The van der Waals surface area contributed by atoms with Gasteiger partial charge in [-0.15, -0.1) is 0 Å². The maximum Gasteiger partial charge on any atom is 0.260 e. The number of hydrogen-bond donors (Lipinski definition) is 4. The molecule has 0 aliphatic heterocycles. The number of halogens is 1. The van der Waals surface area contributed by atoms with Crippen LogP contribution in [0.15, 0.2) is 40.9 Å². The van der Waals surface area contributed by atoms with Gasteiger partial charge in [-0.3, -0.25) is 24.0 Å². The molecule has 1 spiro atoms. The SMILES string of the molecule is C/C=C/C=C/c1cc2c(F)c3c(c(O)c2c(=O)[nH]1)[C@@]1(CC3)C(=O)c2c(O)c3c(c(O)c2C1=O)C(=O)C(OC)=CC3=O. The molecule has 4 N–H and O–H groups in total. The van der Waals surface area contributed by atoms with Gasteiger partial charge < -0.3 is 25.0 Å². The van der Waals surface area contributed by atoms with Gasteiger partial charge in [0.15, 0.2) is 23.1 Å². The zero-order valence-electron chi connectivity index (χ0n) is 21.5. The molecule has 0 unspecified atom stereocenters. The molecule has 2 aromatic carbocycles. The molecule has 0 fully saturated rings. The average Bonchev–Trinajstić information content (AvgIpc) is 3.45. The Kier molecular flexibility index (Phi) is 5.43. The number of ketones is 4. The van der Waals surface area contributed by atoms with E-state index >= 15 is 4.39 Å². The van der Waals surface area contributed by atoms with Gasteiger partial charge in [-0.05, 0) is 37.5 Å². The highest BCUT2D eigenvalue weighted by atomic mass is 19.1. The third-order valence-corrected chi connectivity index (χ3v) is 7.94. The molecule has 11 heteroatoms. The van der Waals surface area contributed by atoms with Crippen molar-refractivity contribution < 1.29 is 43.6 Å². The van der Waals surface area contributed by atoms with Crippen LogP contribution in [0.5, 0.6) is 17.2 Å². The molecular formula is C30H20FNO9. The van der Waals surface area contributed by atoms with Crippen molar-refractivity contribution in [3.8, 4) is 17.2 Å². The van der Waals surface area contributed by atoms with E-state index in [1.54, 1.807) is 25.2 Å². The van der Waals surface area contributed by atoms with Gasteiger partial charge in [-0.2, -0.15) is 0 Å². The minimum atomic E-state index is -2.32. The monoisotopic (exact) mass is 557 g/mol. The van der Waals surface area contributed by atoms with Crippen LogP contribution in [0.25, 0.3) is 16.8 Å². The molecule has 6 rings (SSSR count). The van der Waals surface area contributed by atoms with Gasteiger partial charge in [-0.25, -0.2) is 4.39 Å². The fourth-order valence-electron chi connectivity index (χ4n) is 6.16. The summed E-state index contributed by atoms with van der Waals surface area (Å²) in [6, 6.07) is 1.31. The first-order valence-electron chi connectivity index (χ1n) is 12.5. The van der Waals surface area contributed by atoms with Crippen LogP contribution in [0.3, 0.4) is 0 Å². The molecule has 0 saturated heterocycles. The summed E-state index contributed by atoms with van der Waals surface area (Å²) >= 11 is 0. The van der Waals surface area contributed by atoms with Crippen LogP contribution < -0.4 is 5.56 Å². The Labute approximate surface area is 229 Å². The van der Waals surface area contributed by atoms with E-state index in [-0.39, 0.29) is 29.5 Å². The van der Waals surface area contributed by atoms with Crippen molar-refractivity contribution in [3.05, 3.63) is 91.4 Å². The lowest BCUT2D eigenvalue weighted by Crippen LogP contribution is -2.36. The van der Waals surface area contributed by atoms with E-state index in [2.05, 4.69) is 4.98 Å². The Bertz CT molecular complexity index is 1980. The van der Waals surface area contributed by atoms with Crippen molar-refractivity contribution in [2.45, 2.75) is 25.2 Å². The Hall–Kier alpha value is -5.32. The van der Waals surface area contributed by atoms with Gasteiger partial charge in [0.05, 0.1) is 34.7 Å². The summed E-state index contributed by atoms with van der Waals surface area (Å²) in [5, 5.41) is 32.7. The van der Waals surface area contributed by atoms with E-state index in [9.17, 15) is 39.3 Å². The van der Waals surface area contributed by atoms with Crippen LogP contribution in [0.4, 0.5) is 4.39 Å². The highest BCUT2D eigenvalue weighted by molar-refractivity contribution is 6.38. The van der Waals surface area contributed by atoms with Crippen LogP contribution in [-0.2, 0) is 16.6 Å². The van der Waals surface area contributed by atoms with Gasteiger partial charge in [0, 0.05) is 22.7 Å². The Morgan fingerprint density at radius 1 is 0.951 bits per heavy atom. The van der Waals surface area contributed by atoms with Gasteiger partial charge in [0.1, 0.15) is 28.5 Å². The largest absolute Gasteiger partial charge is 0.507 e. The number of phenolic OH excluding ortho intramolecular Hbond substituents is 3. The summed E-state index contributed by atoms with van der Waals surface area (Å²) in [4.78, 5) is 69.2. The van der Waals surface area contributed by atoms with Crippen molar-refractivity contribution in [2.75, 3.05) is 7.11 Å². The molecule has 1 atom stereocenters. The summed E-state index contributed by atoms with van der Waals surface area (Å²) in [6.07, 6.45) is 6.77. The first kappa shape index (κ1) is 25.9. The fraction of sp³-hybridized carbons (Fsp3) is 0.167. The van der Waals surface area contributed by atoms with Crippen molar-refractivity contribution >= 4 is 40.0 Å². The minimum absolute atomic E-state index is 0.183. The molecule has 0 bridgehead atoms. The molecule has 0 radical (unpaired) electrons. The Balaban J connectivity index is 1.62. The quantitative estimate of drug-likeness (QED) is 0.214. The molecule has 3 aliphatic carbocycles. The van der Waals surface area contributed by atoms with Crippen molar-refractivity contribution in [2.24, 2.45) is 0 Å². The number of pyridine rings is 1. The summed E-state index contributed by atoms with van der Waals surface area (Å²) < 4.78 is 20.9. The number of aromatic hydroxyl groups is 3. The number of hydrogen-bond acceptors (Lipinski definition) is 9. The summed E-state index contributed by atoms with van der Waals surface area (Å²) in [5.41, 5.74) is -6.47. The van der Waals surface area contributed by atoms with Gasteiger partial charge in [0.25, 0.3) is 5.56 Å². The van der Waals surface area contributed by atoms with Gasteiger partial charge in [0.2, 0.25) is 5.78 Å². The number of H-pyrrole nitrogens is 1. The van der Waals surface area contributed by atoms with Crippen LogP contribution >= 0.6 is 0 Å². The lowest BCUT2D eigenvalue weighted by Gasteiger charge is -2.23. The number of Topliss-reactive ketones (excluding diaryl/α,β-unsaturated/α-hetero) is 3. The number of rotatable bonds is 3. The molecule has 3 aliphatic rings. The van der Waals surface area contributed by atoms with Crippen molar-refractivity contribution in [1.29, 1.82) is 0 Å². The number of aromatic nitrogens is 1. The Morgan fingerprint density at radius 3 is 2.24 bits per heavy atom.